The highest BCUT2D eigenvalue weighted by molar-refractivity contribution is 6.11. The molecule has 2 aromatic rings. The molecule has 4 nitrogen and oxygen atoms in total. The molecule has 4 heteroatoms. The van der Waals surface area contributed by atoms with Crippen LogP contribution in [0.25, 0.3) is 0 Å². The number of methoxy groups -OCH3 is 1. The van der Waals surface area contributed by atoms with Gasteiger partial charge in [0.1, 0.15) is 0 Å². The molecule has 0 spiro atoms. The maximum absolute atomic E-state index is 12.7. The largest absolute Gasteiger partial charge is 0.465 e. The van der Waals surface area contributed by atoms with Crippen LogP contribution >= 0.6 is 0 Å². The van der Waals surface area contributed by atoms with E-state index in [0.717, 1.165) is 16.8 Å². The molecule has 0 aliphatic rings. The van der Waals surface area contributed by atoms with Crippen molar-refractivity contribution in [3.05, 3.63) is 64.7 Å². The van der Waals surface area contributed by atoms with E-state index >= 15 is 0 Å². The first kappa shape index (κ1) is 16.7. The molecule has 0 saturated carbocycles. The number of benzene rings is 2. The third-order valence-corrected chi connectivity index (χ3v) is 3.74. The minimum atomic E-state index is -0.524. The first-order valence-corrected chi connectivity index (χ1v) is 7.54. The van der Waals surface area contributed by atoms with Gasteiger partial charge in [-0.3, -0.25) is 4.79 Å². The third-order valence-electron chi connectivity index (χ3n) is 3.74. The molecule has 1 N–H and O–H groups in total. The standard InChI is InChI=1S/C19H21NO3/c1-12(2)14-11-7-8-13(3)17(14)20-18(21)15-9-5-6-10-16(15)19(22)23-4/h5-12H,1-4H3,(H,20,21). The highest BCUT2D eigenvalue weighted by Crippen LogP contribution is 2.28. The number of anilines is 1. The molecule has 0 unspecified atom stereocenters. The summed E-state index contributed by atoms with van der Waals surface area (Å²) in [5.74, 6) is -0.562. The van der Waals surface area contributed by atoms with Crippen molar-refractivity contribution in [1.82, 2.24) is 0 Å². The Morgan fingerprint density at radius 1 is 1.00 bits per heavy atom. The molecule has 0 aromatic heterocycles. The van der Waals surface area contributed by atoms with Crippen LogP contribution in [0.5, 0.6) is 0 Å². The van der Waals surface area contributed by atoms with E-state index in [0.29, 0.717) is 5.56 Å². The van der Waals surface area contributed by atoms with Crippen molar-refractivity contribution in [3.8, 4) is 0 Å². The van der Waals surface area contributed by atoms with Crippen LogP contribution in [0.4, 0.5) is 5.69 Å². The Morgan fingerprint density at radius 2 is 1.65 bits per heavy atom. The van der Waals surface area contributed by atoms with Crippen LogP contribution in [0.2, 0.25) is 0 Å². The van der Waals surface area contributed by atoms with Gasteiger partial charge in [0.25, 0.3) is 5.91 Å². The molecule has 0 aliphatic heterocycles. The number of aryl methyl sites for hydroxylation is 1. The van der Waals surface area contributed by atoms with E-state index in [9.17, 15) is 9.59 Å². The van der Waals surface area contributed by atoms with E-state index in [4.69, 9.17) is 4.74 Å². The molecule has 0 aliphatic carbocycles. The van der Waals surface area contributed by atoms with Gasteiger partial charge in [0, 0.05) is 5.69 Å². The second-order valence-electron chi connectivity index (χ2n) is 5.69. The number of para-hydroxylation sites is 1. The minimum absolute atomic E-state index is 0.257. The zero-order chi connectivity index (χ0) is 17.0. The van der Waals surface area contributed by atoms with Gasteiger partial charge >= 0.3 is 5.97 Å². The quantitative estimate of drug-likeness (QED) is 0.863. The Kier molecular flexibility index (Phi) is 5.16. The summed E-state index contributed by atoms with van der Waals surface area (Å²) >= 11 is 0. The molecule has 0 fully saturated rings. The van der Waals surface area contributed by atoms with Gasteiger partial charge in [0.2, 0.25) is 0 Å². The average Bonchev–Trinajstić information content (AvgIpc) is 2.55. The molecule has 0 radical (unpaired) electrons. The van der Waals surface area contributed by atoms with Crippen LogP contribution in [0.3, 0.4) is 0 Å². The Hall–Kier alpha value is -2.62. The summed E-state index contributed by atoms with van der Waals surface area (Å²) in [5.41, 5.74) is 3.41. The molecule has 0 heterocycles. The van der Waals surface area contributed by atoms with E-state index < -0.39 is 5.97 Å². The zero-order valence-corrected chi connectivity index (χ0v) is 13.8. The van der Waals surface area contributed by atoms with Crippen LogP contribution in [0.15, 0.2) is 42.5 Å². The molecule has 23 heavy (non-hydrogen) atoms. The fourth-order valence-corrected chi connectivity index (χ4v) is 2.49. The lowest BCUT2D eigenvalue weighted by Gasteiger charge is -2.17. The van der Waals surface area contributed by atoms with Crippen LogP contribution < -0.4 is 5.32 Å². The average molecular weight is 311 g/mol. The molecule has 2 rings (SSSR count). The smallest absolute Gasteiger partial charge is 0.338 e. The molecular weight excluding hydrogens is 290 g/mol. The fraction of sp³-hybridized carbons (Fsp3) is 0.263. The van der Waals surface area contributed by atoms with Gasteiger partial charge in [-0.05, 0) is 36.1 Å². The van der Waals surface area contributed by atoms with Crippen molar-refractivity contribution >= 4 is 17.6 Å². The Balaban J connectivity index is 2.40. The van der Waals surface area contributed by atoms with Crippen molar-refractivity contribution in [2.24, 2.45) is 0 Å². The number of carbonyl (C=O) groups is 2. The Morgan fingerprint density at radius 3 is 2.26 bits per heavy atom. The summed E-state index contributed by atoms with van der Waals surface area (Å²) in [4.78, 5) is 24.5. The lowest BCUT2D eigenvalue weighted by atomic mass is 9.97. The second kappa shape index (κ2) is 7.09. The van der Waals surface area contributed by atoms with Crippen LogP contribution in [-0.2, 0) is 4.74 Å². The van der Waals surface area contributed by atoms with Crippen molar-refractivity contribution in [2.75, 3.05) is 12.4 Å². The Bertz CT molecular complexity index is 735. The normalized spacial score (nSPS) is 10.5. The van der Waals surface area contributed by atoms with Crippen LogP contribution in [-0.4, -0.2) is 19.0 Å². The van der Waals surface area contributed by atoms with Gasteiger partial charge in [0.05, 0.1) is 18.2 Å². The first-order chi connectivity index (χ1) is 11.0. The number of amides is 1. The number of ether oxygens (including phenoxy) is 1. The topological polar surface area (TPSA) is 55.4 Å². The van der Waals surface area contributed by atoms with E-state index in [1.54, 1.807) is 24.3 Å². The van der Waals surface area contributed by atoms with E-state index in [1.165, 1.54) is 7.11 Å². The third kappa shape index (κ3) is 3.59. The number of hydrogen-bond donors (Lipinski definition) is 1. The molecule has 1 amide bonds. The summed E-state index contributed by atoms with van der Waals surface area (Å²) in [6, 6.07) is 12.6. The van der Waals surface area contributed by atoms with Gasteiger partial charge in [0.15, 0.2) is 0 Å². The first-order valence-electron chi connectivity index (χ1n) is 7.54. The monoisotopic (exact) mass is 311 g/mol. The summed E-state index contributed by atoms with van der Waals surface area (Å²) in [5, 5.41) is 2.95. The van der Waals surface area contributed by atoms with Gasteiger partial charge in [-0.15, -0.1) is 0 Å². The Labute approximate surface area is 136 Å². The zero-order valence-electron chi connectivity index (χ0n) is 13.8. The van der Waals surface area contributed by atoms with Crippen LogP contribution in [0.1, 0.15) is 51.6 Å². The predicted molar refractivity (Wildman–Crippen MR) is 91.0 cm³/mol. The molecule has 2 aromatic carbocycles. The molecular formula is C19H21NO3. The predicted octanol–water partition coefficient (Wildman–Crippen LogP) is 4.16. The van der Waals surface area contributed by atoms with Crippen molar-refractivity contribution in [1.29, 1.82) is 0 Å². The number of carbonyl (C=O) groups excluding carboxylic acids is 2. The maximum Gasteiger partial charge on any atom is 0.338 e. The van der Waals surface area contributed by atoms with Crippen LogP contribution in [0, 0.1) is 6.92 Å². The molecule has 0 saturated heterocycles. The van der Waals surface area contributed by atoms with Gasteiger partial charge in [-0.2, -0.15) is 0 Å². The van der Waals surface area contributed by atoms with Gasteiger partial charge in [-0.25, -0.2) is 4.79 Å². The summed E-state index contributed by atoms with van der Waals surface area (Å²) in [7, 11) is 1.30. The summed E-state index contributed by atoms with van der Waals surface area (Å²) < 4.78 is 4.74. The highest BCUT2D eigenvalue weighted by atomic mass is 16.5. The molecule has 0 bridgehead atoms. The molecule has 0 atom stereocenters. The van der Waals surface area contributed by atoms with E-state index in [2.05, 4.69) is 19.2 Å². The summed E-state index contributed by atoms with van der Waals surface area (Å²) in [6.07, 6.45) is 0. The van der Waals surface area contributed by atoms with Crippen molar-refractivity contribution in [3.63, 3.8) is 0 Å². The number of nitrogens with one attached hydrogen (secondary N) is 1. The fourth-order valence-electron chi connectivity index (χ4n) is 2.49. The highest BCUT2D eigenvalue weighted by Gasteiger charge is 2.19. The number of hydrogen-bond acceptors (Lipinski definition) is 3. The summed E-state index contributed by atoms with van der Waals surface area (Å²) in [6.45, 7) is 6.10. The number of esters is 1. The van der Waals surface area contributed by atoms with E-state index in [1.807, 2.05) is 25.1 Å². The lowest BCUT2D eigenvalue weighted by molar-refractivity contribution is 0.0597. The maximum atomic E-state index is 12.7. The minimum Gasteiger partial charge on any atom is -0.465 e. The molecule has 120 valence electrons. The van der Waals surface area contributed by atoms with Crippen molar-refractivity contribution in [2.45, 2.75) is 26.7 Å². The SMILES string of the molecule is COC(=O)c1ccccc1C(=O)Nc1c(C)cccc1C(C)C. The number of rotatable bonds is 4. The van der Waals surface area contributed by atoms with Gasteiger partial charge < -0.3 is 10.1 Å². The van der Waals surface area contributed by atoms with Gasteiger partial charge in [-0.1, -0.05) is 44.2 Å². The second-order valence-corrected chi connectivity index (χ2v) is 5.69. The van der Waals surface area contributed by atoms with Crippen molar-refractivity contribution < 1.29 is 14.3 Å². The lowest BCUT2D eigenvalue weighted by Crippen LogP contribution is -2.18. The van der Waals surface area contributed by atoms with E-state index in [-0.39, 0.29) is 17.4 Å².